The second kappa shape index (κ2) is 6.56. The van der Waals surface area contributed by atoms with Gasteiger partial charge < -0.3 is 9.84 Å². The van der Waals surface area contributed by atoms with E-state index < -0.39 is 29.5 Å². The number of rotatable bonds is 4. The molecule has 0 saturated carbocycles. The zero-order valence-corrected chi connectivity index (χ0v) is 12.6. The van der Waals surface area contributed by atoms with E-state index in [0.717, 1.165) is 11.0 Å². The van der Waals surface area contributed by atoms with Crippen LogP contribution in [-0.4, -0.2) is 34.2 Å². The van der Waals surface area contributed by atoms with Crippen LogP contribution in [0.15, 0.2) is 24.3 Å². The number of likely N-dealkylation sites (N-methyl/N-ethyl adjacent to an activating group) is 1. The highest BCUT2D eigenvalue weighted by molar-refractivity contribution is 5.81. The molecule has 1 amide bonds. The number of hydrogen-bond donors (Lipinski definition) is 1. The standard InChI is InChI=1S/C15H20FNO4/c1-5-17(14(20)21-15(2,3)4)12(13(18)19)10-8-6-7-9-11(10)16/h6-9,12H,5H2,1-4H3,(H,18,19). The molecule has 0 spiro atoms. The molecule has 0 fully saturated rings. The summed E-state index contributed by atoms with van der Waals surface area (Å²) in [7, 11) is 0. The molecular weight excluding hydrogens is 277 g/mol. The molecule has 0 aliphatic carbocycles. The van der Waals surface area contributed by atoms with E-state index in [4.69, 9.17) is 4.74 Å². The molecule has 0 heterocycles. The highest BCUT2D eigenvalue weighted by Gasteiger charge is 2.34. The maximum absolute atomic E-state index is 13.9. The molecule has 1 aromatic rings. The lowest BCUT2D eigenvalue weighted by atomic mass is 10.0. The smallest absolute Gasteiger partial charge is 0.411 e. The van der Waals surface area contributed by atoms with E-state index in [0.29, 0.717) is 0 Å². The molecule has 6 heteroatoms. The lowest BCUT2D eigenvalue weighted by Gasteiger charge is -2.30. The molecule has 0 radical (unpaired) electrons. The van der Waals surface area contributed by atoms with Crippen molar-refractivity contribution in [3.8, 4) is 0 Å². The van der Waals surface area contributed by atoms with E-state index in [2.05, 4.69) is 0 Å². The van der Waals surface area contributed by atoms with Gasteiger partial charge in [0.2, 0.25) is 0 Å². The summed E-state index contributed by atoms with van der Waals surface area (Å²) >= 11 is 0. The van der Waals surface area contributed by atoms with Crippen LogP contribution in [0.2, 0.25) is 0 Å². The van der Waals surface area contributed by atoms with Gasteiger partial charge in [0.1, 0.15) is 11.4 Å². The van der Waals surface area contributed by atoms with E-state index in [1.807, 2.05) is 0 Å². The highest BCUT2D eigenvalue weighted by Crippen LogP contribution is 2.25. The van der Waals surface area contributed by atoms with Crippen molar-refractivity contribution in [2.24, 2.45) is 0 Å². The Balaban J connectivity index is 3.17. The predicted octanol–water partition coefficient (Wildman–Crippen LogP) is 3.21. The summed E-state index contributed by atoms with van der Waals surface area (Å²) in [4.78, 5) is 24.6. The minimum atomic E-state index is -1.42. The van der Waals surface area contributed by atoms with Crippen molar-refractivity contribution in [3.63, 3.8) is 0 Å². The minimum absolute atomic E-state index is 0.0716. The normalized spacial score (nSPS) is 12.6. The van der Waals surface area contributed by atoms with Crippen molar-refractivity contribution in [1.29, 1.82) is 0 Å². The van der Waals surface area contributed by atoms with E-state index in [1.54, 1.807) is 27.7 Å². The molecule has 0 aliphatic heterocycles. The monoisotopic (exact) mass is 297 g/mol. The summed E-state index contributed by atoms with van der Waals surface area (Å²) in [5.74, 6) is -1.99. The molecular formula is C15H20FNO4. The fourth-order valence-corrected chi connectivity index (χ4v) is 1.87. The Morgan fingerprint density at radius 1 is 1.33 bits per heavy atom. The first kappa shape index (κ1) is 16.9. The topological polar surface area (TPSA) is 66.8 Å². The van der Waals surface area contributed by atoms with Gasteiger partial charge in [-0.1, -0.05) is 18.2 Å². The van der Waals surface area contributed by atoms with Crippen LogP contribution >= 0.6 is 0 Å². The van der Waals surface area contributed by atoms with Gasteiger partial charge in [0, 0.05) is 12.1 Å². The number of carboxylic acids is 1. The lowest BCUT2D eigenvalue weighted by Crippen LogP contribution is -2.42. The first-order valence-corrected chi connectivity index (χ1v) is 6.64. The van der Waals surface area contributed by atoms with Gasteiger partial charge in [-0.15, -0.1) is 0 Å². The zero-order chi connectivity index (χ0) is 16.2. The van der Waals surface area contributed by atoms with Crippen LogP contribution in [0.3, 0.4) is 0 Å². The summed E-state index contributed by atoms with van der Waals surface area (Å²) in [6, 6.07) is 4.07. The lowest BCUT2D eigenvalue weighted by molar-refractivity contribution is -0.143. The quantitative estimate of drug-likeness (QED) is 0.926. The number of aliphatic carboxylic acids is 1. The number of ether oxygens (including phenoxy) is 1. The zero-order valence-electron chi connectivity index (χ0n) is 12.6. The molecule has 1 rings (SSSR count). The molecule has 1 aromatic carbocycles. The van der Waals surface area contributed by atoms with Crippen LogP contribution < -0.4 is 0 Å². The Morgan fingerprint density at radius 3 is 2.33 bits per heavy atom. The predicted molar refractivity (Wildman–Crippen MR) is 75.4 cm³/mol. The fraction of sp³-hybridized carbons (Fsp3) is 0.467. The van der Waals surface area contributed by atoms with E-state index in [9.17, 15) is 19.1 Å². The molecule has 1 unspecified atom stereocenters. The number of benzene rings is 1. The number of hydrogen-bond acceptors (Lipinski definition) is 3. The van der Waals surface area contributed by atoms with Crippen LogP contribution in [0, 0.1) is 5.82 Å². The fourth-order valence-electron chi connectivity index (χ4n) is 1.87. The Hall–Kier alpha value is -2.11. The van der Waals surface area contributed by atoms with Crippen molar-refractivity contribution in [1.82, 2.24) is 4.90 Å². The van der Waals surface area contributed by atoms with E-state index in [1.165, 1.54) is 18.2 Å². The molecule has 116 valence electrons. The Morgan fingerprint density at radius 2 is 1.90 bits per heavy atom. The number of carbonyl (C=O) groups is 2. The van der Waals surface area contributed by atoms with Gasteiger partial charge in [-0.25, -0.2) is 14.0 Å². The van der Waals surface area contributed by atoms with Gasteiger partial charge >= 0.3 is 12.1 Å². The summed E-state index contributed by atoms with van der Waals surface area (Å²) in [5, 5.41) is 9.38. The van der Waals surface area contributed by atoms with Crippen molar-refractivity contribution >= 4 is 12.1 Å². The molecule has 0 saturated heterocycles. The maximum Gasteiger partial charge on any atom is 0.411 e. The second-order valence-electron chi connectivity index (χ2n) is 5.53. The molecule has 21 heavy (non-hydrogen) atoms. The third-order valence-electron chi connectivity index (χ3n) is 2.71. The van der Waals surface area contributed by atoms with Crippen molar-refractivity contribution in [2.75, 3.05) is 6.54 Å². The maximum atomic E-state index is 13.9. The summed E-state index contributed by atoms with van der Waals surface area (Å²) in [6.45, 7) is 6.73. The number of carboxylic acid groups (broad SMARTS) is 1. The van der Waals surface area contributed by atoms with E-state index in [-0.39, 0.29) is 12.1 Å². The van der Waals surface area contributed by atoms with Crippen LogP contribution in [0.4, 0.5) is 9.18 Å². The molecule has 0 aliphatic rings. The van der Waals surface area contributed by atoms with Crippen molar-refractivity contribution in [3.05, 3.63) is 35.6 Å². The number of carbonyl (C=O) groups excluding carboxylic acids is 1. The average molecular weight is 297 g/mol. The summed E-state index contributed by atoms with van der Waals surface area (Å²) < 4.78 is 19.0. The first-order valence-electron chi connectivity index (χ1n) is 6.64. The number of nitrogens with zero attached hydrogens (tertiary/aromatic N) is 1. The van der Waals surface area contributed by atoms with Gasteiger partial charge in [-0.05, 0) is 33.8 Å². The summed E-state index contributed by atoms with van der Waals surface area (Å²) in [6.07, 6.45) is -0.791. The average Bonchev–Trinajstić information content (AvgIpc) is 2.34. The SMILES string of the molecule is CCN(C(=O)OC(C)(C)C)C(C(=O)O)c1ccccc1F. The van der Waals surface area contributed by atoms with Gasteiger partial charge in [0.25, 0.3) is 0 Å². The first-order chi connectivity index (χ1) is 9.67. The Labute approximate surface area is 123 Å². The highest BCUT2D eigenvalue weighted by atomic mass is 19.1. The van der Waals surface area contributed by atoms with Crippen LogP contribution in [0.25, 0.3) is 0 Å². The van der Waals surface area contributed by atoms with Gasteiger partial charge in [0.15, 0.2) is 6.04 Å². The Bertz CT molecular complexity index is 525. The minimum Gasteiger partial charge on any atom is -0.479 e. The summed E-state index contributed by atoms with van der Waals surface area (Å²) in [5.41, 5.74) is -0.833. The molecule has 1 atom stereocenters. The molecule has 1 N–H and O–H groups in total. The van der Waals surface area contributed by atoms with Crippen molar-refractivity contribution < 1.29 is 23.8 Å². The largest absolute Gasteiger partial charge is 0.479 e. The van der Waals surface area contributed by atoms with Gasteiger partial charge in [-0.3, -0.25) is 4.90 Å². The Kier molecular flexibility index (Phi) is 5.29. The second-order valence-corrected chi connectivity index (χ2v) is 5.53. The van der Waals surface area contributed by atoms with Gasteiger partial charge in [-0.2, -0.15) is 0 Å². The van der Waals surface area contributed by atoms with Crippen LogP contribution in [0.1, 0.15) is 39.3 Å². The molecule has 5 nitrogen and oxygen atoms in total. The van der Waals surface area contributed by atoms with Crippen LogP contribution in [0.5, 0.6) is 0 Å². The van der Waals surface area contributed by atoms with Gasteiger partial charge in [0.05, 0.1) is 0 Å². The number of halogens is 1. The number of amides is 1. The van der Waals surface area contributed by atoms with Crippen LogP contribution in [-0.2, 0) is 9.53 Å². The third-order valence-corrected chi connectivity index (χ3v) is 2.71. The molecule has 0 bridgehead atoms. The third kappa shape index (κ3) is 4.44. The van der Waals surface area contributed by atoms with E-state index >= 15 is 0 Å². The van der Waals surface area contributed by atoms with Crippen molar-refractivity contribution in [2.45, 2.75) is 39.3 Å². The molecule has 0 aromatic heterocycles.